The maximum atomic E-state index is 11.2. The molecule has 0 saturated heterocycles. The summed E-state index contributed by atoms with van der Waals surface area (Å²) < 4.78 is 1.47. The fourth-order valence-corrected chi connectivity index (χ4v) is 2.20. The first-order valence-electron chi connectivity index (χ1n) is 5.94. The molecule has 104 valence electrons. The van der Waals surface area contributed by atoms with Crippen LogP contribution >= 0.6 is 0 Å². The number of nitro benzene ring substituents is 2. The first-order valence-corrected chi connectivity index (χ1v) is 5.94. The molecule has 8 nitrogen and oxygen atoms in total. The lowest BCUT2D eigenvalue weighted by atomic mass is 10.2. The number of nitro groups is 2. The van der Waals surface area contributed by atoms with Crippen molar-refractivity contribution in [3.05, 3.63) is 69.0 Å². The Morgan fingerprint density at radius 3 is 2.43 bits per heavy atom. The molecule has 0 bridgehead atoms. The van der Waals surface area contributed by atoms with Crippen molar-refractivity contribution in [1.29, 1.82) is 0 Å². The minimum atomic E-state index is -0.763. The number of nitrogens with zero attached hydrogens (tertiary/aromatic N) is 4. The largest absolute Gasteiger partial charge is 0.369 e. The van der Waals surface area contributed by atoms with Crippen molar-refractivity contribution in [2.24, 2.45) is 0 Å². The zero-order valence-corrected chi connectivity index (χ0v) is 10.5. The van der Waals surface area contributed by atoms with Crippen LogP contribution in [0.5, 0.6) is 0 Å². The zero-order chi connectivity index (χ0) is 15.0. The molecular formula is C13H8N4O4. The van der Waals surface area contributed by atoms with Crippen LogP contribution in [0.3, 0.4) is 0 Å². The number of fused-ring (bicyclic) bond motifs is 1. The van der Waals surface area contributed by atoms with Crippen LogP contribution in [0.15, 0.2) is 48.8 Å². The van der Waals surface area contributed by atoms with Crippen LogP contribution < -0.4 is 0 Å². The van der Waals surface area contributed by atoms with Crippen LogP contribution in [0.4, 0.5) is 11.4 Å². The quantitative estimate of drug-likeness (QED) is 0.543. The average Bonchev–Trinajstić information content (AvgIpc) is 2.90. The maximum Gasteiger partial charge on any atom is 0.369 e. The normalized spacial score (nSPS) is 10.7. The Hall–Kier alpha value is -3.29. The predicted octanol–water partition coefficient (Wildman–Crippen LogP) is 2.84. The Bertz CT molecular complexity index is 871. The second-order valence-electron chi connectivity index (χ2n) is 4.26. The van der Waals surface area contributed by atoms with E-state index in [0.717, 1.165) is 6.07 Å². The van der Waals surface area contributed by atoms with Gasteiger partial charge in [0.05, 0.1) is 20.9 Å². The standard InChI is InChI=1S/C13H8N4O4/c18-16(19)12-7-3-6-11(13(12)17(20)21)15-8-14-9-4-1-2-5-10(9)15/h1-8H. The lowest BCUT2D eigenvalue weighted by Crippen LogP contribution is -2.03. The predicted molar refractivity (Wildman–Crippen MR) is 74.4 cm³/mol. The van der Waals surface area contributed by atoms with Gasteiger partial charge in [-0.1, -0.05) is 18.2 Å². The monoisotopic (exact) mass is 284 g/mol. The minimum Gasteiger partial charge on any atom is -0.292 e. The van der Waals surface area contributed by atoms with E-state index in [9.17, 15) is 20.2 Å². The summed E-state index contributed by atoms with van der Waals surface area (Å²) in [7, 11) is 0. The molecule has 0 saturated carbocycles. The first kappa shape index (κ1) is 12.7. The molecule has 3 rings (SSSR count). The third-order valence-corrected chi connectivity index (χ3v) is 3.09. The van der Waals surface area contributed by atoms with Crippen molar-refractivity contribution in [1.82, 2.24) is 9.55 Å². The summed E-state index contributed by atoms with van der Waals surface area (Å²) in [6, 6.07) is 11.0. The van der Waals surface area contributed by atoms with Gasteiger partial charge in [-0.05, 0) is 18.2 Å². The highest BCUT2D eigenvalue weighted by Gasteiger charge is 2.29. The summed E-state index contributed by atoms with van der Waals surface area (Å²) in [6.45, 7) is 0. The molecule has 0 unspecified atom stereocenters. The molecular weight excluding hydrogens is 276 g/mol. The SMILES string of the molecule is O=[N+]([O-])c1cccc(-n2cnc3ccccc32)c1[N+](=O)[O-]. The van der Waals surface area contributed by atoms with Crippen molar-refractivity contribution in [2.75, 3.05) is 0 Å². The van der Waals surface area contributed by atoms with E-state index in [-0.39, 0.29) is 5.69 Å². The fourth-order valence-electron chi connectivity index (χ4n) is 2.20. The van der Waals surface area contributed by atoms with E-state index in [1.165, 1.54) is 23.0 Å². The van der Waals surface area contributed by atoms with Gasteiger partial charge in [-0.3, -0.25) is 24.8 Å². The molecule has 0 amide bonds. The van der Waals surface area contributed by atoms with Crippen molar-refractivity contribution < 1.29 is 9.85 Å². The molecule has 0 aliphatic heterocycles. The van der Waals surface area contributed by atoms with Gasteiger partial charge in [-0.2, -0.15) is 0 Å². The summed E-state index contributed by atoms with van der Waals surface area (Å²) in [6.07, 6.45) is 1.41. The molecule has 1 heterocycles. The number of imidazole rings is 1. The molecule has 21 heavy (non-hydrogen) atoms. The molecule has 2 aromatic carbocycles. The summed E-state index contributed by atoms with van der Waals surface area (Å²) in [5, 5.41) is 22.2. The lowest BCUT2D eigenvalue weighted by Gasteiger charge is -2.05. The molecule has 8 heteroatoms. The van der Waals surface area contributed by atoms with E-state index in [1.54, 1.807) is 24.3 Å². The minimum absolute atomic E-state index is 0.114. The number of aromatic nitrogens is 2. The van der Waals surface area contributed by atoms with Gasteiger partial charge in [0.1, 0.15) is 12.0 Å². The molecule has 0 aliphatic rings. The van der Waals surface area contributed by atoms with Crippen LogP contribution in [0, 0.1) is 20.2 Å². The highest BCUT2D eigenvalue weighted by atomic mass is 16.6. The lowest BCUT2D eigenvalue weighted by molar-refractivity contribution is -0.422. The van der Waals surface area contributed by atoms with Gasteiger partial charge in [0.2, 0.25) is 0 Å². The van der Waals surface area contributed by atoms with Gasteiger partial charge in [-0.25, -0.2) is 4.98 Å². The summed E-state index contributed by atoms with van der Waals surface area (Å²) in [5.41, 5.74) is 0.309. The Kier molecular flexibility index (Phi) is 2.83. The maximum absolute atomic E-state index is 11.2. The molecule has 3 aromatic rings. The Morgan fingerprint density at radius 1 is 0.952 bits per heavy atom. The molecule has 0 fully saturated rings. The molecule has 0 radical (unpaired) electrons. The average molecular weight is 284 g/mol. The smallest absolute Gasteiger partial charge is 0.292 e. The van der Waals surface area contributed by atoms with Gasteiger partial charge in [-0.15, -0.1) is 0 Å². The van der Waals surface area contributed by atoms with Crippen molar-refractivity contribution in [2.45, 2.75) is 0 Å². The summed E-state index contributed by atoms with van der Waals surface area (Å²) in [5.74, 6) is 0. The van der Waals surface area contributed by atoms with E-state index < -0.39 is 21.2 Å². The Labute approximate surface area is 117 Å². The van der Waals surface area contributed by atoms with Crippen LogP contribution in [-0.2, 0) is 0 Å². The number of benzene rings is 2. The van der Waals surface area contributed by atoms with E-state index in [4.69, 9.17) is 0 Å². The van der Waals surface area contributed by atoms with Gasteiger partial charge >= 0.3 is 11.4 Å². The number of rotatable bonds is 3. The van der Waals surface area contributed by atoms with Gasteiger partial charge in [0, 0.05) is 6.07 Å². The zero-order valence-electron chi connectivity index (χ0n) is 10.5. The fraction of sp³-hybridized carbons (Fsp3) is 0. The highest BCUT2D eigenvalue weighted by Crippen LogP contribution is 2.34. The van der Waals surface area contributed by atoms with Crippen LogP contribution in [-0.4, -0.2) is 19.4 Å². The van der Waals surface area contributed by atoms with E-state index in [0.29, 0.717) is 11.0 Å². The first-order chi connectivity index (χ1) is 10.1. The third-order valence-electron chi connectivity index (χ3n) is 3.09. The van der Waals surface area contributed by atoms with Crippen LogP contribution in [0.25, 0.3) is 16.7 Å². The molecule has 0 N–H and O–H groups in total. The number of para-hydroxylation sites is 3. The highest BCUT2D eigenvalue weighted by molar-refractivity contribution is 5.79. The van der Waals surface area contributed by atoms with Crippen molar-refractivity contribution >= 4 is 22.4 Å². The molecule has 0 aliphatic carbocycles. The molecule has 0 spiro atoms. The van der Waals surface area contributed by atoms with Crippen LogP contribution in [0.2, 0.25) is 0 Å². The number of hydrogen-bond acceptors (Lipinski definition) is 5. The summed E-state index contributed by atoms with van der Waals surface area (Å²) >= 11 is 0. The van der Waals surface area contributed by atoms with E-state index in [1.807, 2.05) is 0 Å². The van der Waals surface area contributed by atoms with Gasteiger partial charge in [0.15, 0.2) is 0 Å². The Balaban J connectivity index is 2.35. The second-order valence-corrected chi connectivity index (χ2v) is 4.26. The van der Waals surface area contributed by atoms with Gasteiger partial charge < -0.3 is 0 Å². The van der Waals surface area contributed by atoms with E-state index >= 15 is 0 Å². The Morgan fingerprint density at radius 2 is 1.71 bits per heavy atom. The third kappa shape index (κ3) is 1.98. The summed E-state index contributed by atoms with van der Waals surface area (Å²) in [4.78, 5) is 24.9. The van der Waals surface area contributed by atoms with Crippen molar-refractivity contribution in [3.8, 4) is 5.69 Å². The van der Waals surface area contributed by atoms with Gasteiger partial charge in [0.25, 0.3) is 0 Å². The topological polar surface area (TPSA) is 104 Å². The van der Waals surface area contributed by atoms with E-state index in [2.05, 4.69) is 4.98 Å². The molecule has 0 atom stereocenters. The van der Waals surface area contributed by atoms with Crippen LogP contribution in [0.1, 0.15) is 0 Å². The van der Waals surface area contributed by atoms with Crippen molar-refractivity contribution in [3.63, 3.8) is 0 Å². The second kappa shape index (κ2) is 4.67. The number of hydrogen-bond donors (Lipinski definition) is 0. The molecule has 1 aromatic heterocycles.